The lowest BCUT2D eigenvalue weighted by atomic mass is 9.86. The van der Waals surface area contributed by atoms with Crippen molar-refractivity contribution in [3.8, 4) is 0 Å². The summed E-state index contributed by atoms with van der Waals surface area (Å²) in [5.41, 5.74) is 3.18. The van der Waals surface area contributed by atoms with Crippen LogP contribution in [0.2, 0.25) is 0 Å². The first-order valence-corrected chi connectivity index (χ1v) is 7.57. The van der Waals surface area contributed by atoms with Gasteiger partial charge >= 0.3 is 0 Å². The molecule has 0 saturated heterocycles. The summed E-state index contributed by atoms with van der Waals surface area (Å²) in [6.07, 6.45) is 5.19. The average Bonchev–Trinajstić information content (AvgIpc) is 2.82. The average molecular weight is 245 g/mol. The van der Waals surface area contributed by atoms with Gasteiger partial charge in [-0.2, -0.15) is 0 Å². The van der Waals surface area contributed by atoms with Gasteiger partial charge < -0.3 is 5.32 Å². The molecule has 3 atom stereocenters. The number of fused-ring (bicyclic) bond motifs is 1. The summed E-state index contributed by atoms with van der Waals surface area (Å²) in [6, 6.07) is 9.69. The lowest BCUT2D eigenvalue weighted by Gasteiger charge is -2.27. The topological polar surface area (TPSA) is 12.0 Å². The zero-order valence-corrected chi connectivity index (χ0v) is 12.1. The van der Waals surface area contributed by atoms with Crippen LogP contribution in [0.5, 0.6) is 0 Å². The Morgan fingerprint density at radius 3 is 2.78 bits per heavy atom. The molecule has 0 heterocycles. The molecular weight excluding hydrogens is 218 g/mol. The molecule has 0 bridgehead atoms. The minimum atomic E-state index is 0.661. The van der Waals surface area contributed by atoms with Crippen molar-refractivity contribution in [2.24, 2.45) is 5.92 Å². The normalized spacial score (nSPS) is 21.6. The Hall–Kier alpha value is -0.820. The lowest BCUT2D eigenvalue weighted by molar-refractivity contribution is 0.350. The van der Waals surface area contributed by atoms with E-state index in [4.69, 9.17) is 0 Å². The maximum absolute atomic E-state index is 3.73. The molecule has 0 saturated carbocycles. The second kappa shape index (κ2) is 6.38. The van der Waals surface area contributed by atoms with Crippen LogP contribution in [0.1, 0.15) is 57.1 Å². The third-order valence-electron chi connectivity index (χ3n) is 4.48. The van der Waals surface area contributed by atoms with E-state index in [1.807, 2.05) is 0 Å². The molecule has 0 spiro atoms. The highest BCUT2D eigenvalue weighted by molar-refractivity contribution is 5.36. The molecule has 0 aromatic heterocycles. The molecule has 1 N–H and O–H groups in total. The second-order valence-electron chi connectivity index (χ2n) is 5.76. The summed E-state index contributed by atoms with van der Waals surface area (Å²) in [4.78, 5) is 0. The van der Waals surface area contributed by atoms with Crippen molar-refractivity contribution in [2.75, 3.05) is 6.54 Å². The highest BCUT2D eigenvalue weighted by atomic mass is 14.9. The largest absolute Gasteiger partial charge is 0.314 e. The Labute approximate surface area is 112 Å². The molecule has 1 aliphatic rings. The molecule has 0 aliphatic heterocycles. The fourth-order valence-electron chi connectivity index (χ4n) is 3.26. The Morgan fingerprint density at radius 1 is 1.28 bits per heavy atom. The van der Waals surface area contributed by atoms with E-state index >= 15 is 0 Å². The van der Waals surface area contributed by atoms with Crippen LogP contribution in [0, 0.1) is 5.92 Å². The molecule has 18 heavy (non-hydrogen) atoms. The van der Waals surface area contributed by atoms with Gasteiger partial charge in [0, 0.05) is 6.04 Å². The van der Waals surface area contributed by atoms with Crippen molar-refractivity contribution in [3.63, 3.8) is 0 Å². The predicted molar refractivity (Wildman–Crippen MR) is 79.0 cm³/mol. The van der Waals surface area contributed by atoms with Crippen molar-refractivity contribution in [2.45, 2.75) is 58.4 Å². The van der Waals surface area contributed by atoms with Gasteiger partial charge in [0.05, 0.1) is 0 Å². The number of hydrogen-bond donors (Lipinski definition) is 1. The van der Waals surface area contributed by atoms with Crippen LogP contribution >= 0.6 is 0 Å². The number of nitrogens with one attached hydrogen (secondary N) is 1. The molecular formula is C17H27N. The first kappa shape index (κ1) is 13.6. The quantitative estimate of drug-likeness (QED) is 0.794. The fourth-order valence-corrected chi connectivity index (χ4v) is 3.26. The maximum atomic E-state index is 3.73. The summed E-state index contributed by atoms with van der Waals surface area (Å²) < 4.78 is 0. The van der Waals surface area contributed by atoms with E-state index < -0.39 is 0 Å². The maximum Gasteiger partial charge on any atom is 0.0138 e. The van der Waals surface area contributed by atoms with E-state index in [0.717, 1.165) is 18.4 Å². The van der Waals surface area contributed by atoms with Crippen molar-refractivity contribution in [3.05, 3.63) is 35.4 Å². The smallest absolute Gasteiger partial charge is 0.0138 e. The molecule has 1 aliphatic carbocycles. The molecule has 1 nitrogen and oxygen atoms in total. The molecule has 1 aromatic rings. The van der Waals surface area contributed by atoms with Gasteiger partial charge in [0.15, 0.2) is 0 Å². The fraction of sp³-hybridized carbons (Fsp3) is 0.647. The van der Waals surface area contributed by atoms with E-state index in [-0.39, 0.29) is 0 Å². The van der Waals surface area contributed by atoms with Gasteiger partial charge in [0.25, 0.3) is 0 Å². The molecule has 0 radical (unpaired) electrons. The van der Waals surface area contributed by atoms with Gasteiger partial charge in [0.1, 0.15) is 0 Å². The monoisotopic (exact) mass is 245 g/mol. The zero-order chi connectivity index (χ0) is 13.0. The van der Waals surface area contributed by atoms with Gasteiger partial charge in [-0.3, -0.25) is 0 Å². The molecule has 1 heteroatoms. The predicted octanol–water partition coefficient (Wildman–Crippen LogP) is 4.13. The van der Waals surface area contributed by atoms with Gasteiger partial charge in [0.2, 0.25) is 0 Å². The van der Waals surface area contributed by atoms with Gasteiger partial charge in [-0.15, -0.1) is 0 Å². The Kier molecular flexibility index (Phi) is 4.82. The summed E-state index contributed by atoms with van der Waals surface area (Å²) in [6.45, 7) is 7.99. The lowest BCUT2D eigenvalue weighted by Crippen LogP contribution is -2.35. The third kappa shape index (κ3) is 2.95. The van der Waals surface area contributed by atoms with Crippen LogP contribution in [0.15, 0.2) is 24.3 Å². The minimum Gasteiger partial charge on any atom is -0.314 e. The van der Waals surface area contributed by atoms with Crippen molar-refractivity contribution >= 4 is 0 Å². The molecule has 3 unspecified atom stereocenters. The molecule has 100 valence electrons. The summed E-state index contributed by atoms with van der Waals surface area (Å²) in [5, 5.41) is 3.73. The standard InChI is InChI=1S/C17H27N/c1-4-13(3)12-17(18-5-2)16-11-10-14-8-6-7-9-15(14)16/h6-9,13,16-18H,4-5,10-12H2,1-3H3. The van der Waals surface area contributed by atoms with E-state index in [9.17, 15) is 0 Å². The molecule has 1 aromatic carbocycles. The number of benzene rings is 1. The Balaban J connectivity index is 2.12. The van der Waals surface area contributed by atoms with Crippen LogP contribution in [0.3, 0.4) is 0 Å². The van der Waals surface area contributed by atoms with Gasteiger partial charge in [-0.25, -0.2) is 0 Å². The van der Waals surface area contributed by atoms with Gasteiger partial charge in [-0.1, -0.05) is 51.5 Å². The summed E-state index contributed by atoms with van der Waals surface area (Å²) in [7, 11) is 0. The zero-order valence-electron chi connectivity index (χ0n) is 12.1. The third-order valence-corrected chi connectivity index (χ3v) is 4.48. The summed E-state index contributed by atoms with van der Waals surface area (Å²) in [5.74, 6) is 1.55. The Morgan fingerprint density at radius 2 is 2.06 bits per heavy atom. The number of aryl methyl sites for hydroxylation is 1. The number of hydrogen-bond acceptors (Lipinski definition) is 1. The van der Waals surface area contributed by atoms with Crippen LogP contribution < -0.4 is 5.32 Å². The first-order valence-electron chi connectivity index (χ1n) is 7.57. The van der Waals surface area contributed by atoms with Crippen molar-refractivity contribution in [1.82, 2.24) is 5.32 Å². The number of rotatable bonds is 6. The molecule has 2 rings (SSSR count). The highest BCUT2D eigenvalue weighted by Gasteiger charge is 2.29. The minimum absolute atomic E-state index is 0.661. The number of likely N-dealkylation sites (N-methyl/N-ethyl adjacent to an activating group) is 1. The highest BCUT2D eigenvalue weighted by Crippen LogP contribution is 2.37. The van der Waals surface area contributed by atoms with E-state index in [0.29, 0.717) is 6.04 Å². The van der Waals surface area contributed by atoms with Crippen LogP contribution in [0.4, 0.5) is 0 Å². The van der Waals surface area contributed by atoms with Crippen molar-refractivity contribution < 1.29 is 0 Å². The van der Waals surface area contributed by atoms with Crippen LogP contribution in [-0.2, 0) is 6.42 Å². The van der Waals surface area contributed by atoms with Gasteiger partial charge in [-0.05, 0) is 48.8 Å². The summed E-state index contributed by atoms with van der Waals surface area (Å²) >= 11 is 0. The second-order valence-corrected chi connectivity index (χ2v) is 5.76. The van der Waals surface area contributed by atoms with Crippen molar-refractivity contribution in [1.29, 1.82) is 0 Å². The SMILES string of the molecule is CCNC(CC(C)CC)C1CCc2ccccc21. The van der Waals surface area contributed by atoms with E-state index in [2.05, 4.69) is 50.4 Å². The molecule has 0 fully saturated rings. The van der Waals surface area contributed by atoms with E-state index in [1.165, 1.54) is 25.7 Å². The first-order chi connectivity index (χ1) is 8.76. The van der Waals surface area contributed by atoms with E-state index in [1.54, 1.807) is 11.1 Å². The van der Waals surface area contributed by atoms with Crippen LogP contribution in [-0.4, -0.2) is 12.6 Å². The molecule has 0 amide bonds. The Bertz CT molecular complexity index is 372. The van der Waals surface area contributed by atoms with Crippen LogP contribution in [0.25, 0.3) is 0 Å².